The molecule has 2 bridgehead atoms. The average molecular weight is 295 g/mol. The molecule has 1 aromatic rings. The van der Waals surface area contributed by atoms with Crippen LogP contribution >= 0.6 is 0 Å². The first-order valence-electron chi connectivity index (χ1n) is 7.06. The Bertz CT molecular complexity index is 563. The second kappa shape index (κ2) is 5.26. The highest BCUT2D eigenvalue weighted by Crippen LogP contribution is 2.29. The quantitative estimate of drug-likeness (QED) is 0.885. The van der Waals surface area contributed by atoms with Gasteiger partial charge in [-0.1, -0.05) is 0 Å². The summed E-state index contributed by atoms with van der Waals surface area (Å²) in [6.45, 7) is 3.59. The predicted molar refractivity (Wildman–Crippen MR) is 81.5 cm³/mol. The molecule has 1 unspecified atom stereocenters. The number of anilines is 2. The van der Waals surface area contributed by atoms with Gasteiger partial charge < -0.3 is 10.2 Å². The van der Waals surface area contributed by atoms with Crippen molar-refractivity contribution >= 4 is 21.4 Å². The fourth-order valence-electron chi connectivity index (χ4n) is 3.19. The molecule has 0 saturated carbocycles. The number of benzene rings is 1. The molecule has 0 aliphatic carbocycles. The van der Waals surface area contributed by atoms with Crippen LogP contribution in [-0.2, 0) is 10.0 Å². The summed E-state index contributed by atoms with van der Waals surface area (Å²) >= 11 is 0. The lowest BCUT2D eigenvalue weighted by Gasteiger charge is -2.45. The fraction of sp³-hybridized carbons (Fsp3) is 0.571. The van der Waals surface area contributed by atoms with Crippen molar-refractivity contribution in [2.24, 2.45) is 5.92 Å². The summed E-state index contributed by atoms with van der Waals surface area (Å²) in [6, 6.07) is 7.98. The van der Waals surface area contributed by atoms with E-state index in [2.05, 4.69) is 14.9 Å². The molecule has 3 heterocycles. The maximum Gasteiger partial charge on any atom is 0.229 e. The summed E-state index contributed by atoms with van der Waals surface area (Å²) in [7, 11) is -3.20. The largest absolute Gasteiger partial charge is 0.381 e. The molecule has 0 spiro atoms. The zero-order valence-electron chi connectivity index (χ0n) is 11.7. The van der Waals surface area contributed by atoms with Gasteiger partial charge in [-0.05, 0) is 56.1 Å². The standard InChI is InChI=1S/C14H21N3O2S/c1-20(18,19)16-13-4-2-12(3-5-13)15-14-10-17-8-6-11(14)7-9-17/h2-5,11,14-16H,6-10H2,1H3. The van der Waals surface area contributed by atoms with Crippen molar-refractivity contribution in [3.63, 3.8) is 0 Å². The molecule has 0 amide bonds. The van der Waals surface area contributed by atoms with Gasteiger partial charge in [0.05, 0.1) is 6.26 Å². The molecular weight excluding hydrogens is 274 g/mol. The highest BCUT2D eigenvalue weighted by Gasteiger charge is 2.33. The summed E-state index contributed by atoms with van der Waals surface area (Å²) in [6.07, 6.45) is 3.73. The Kier molecular flexibility index (Phi) is 3.60. The Morgan fingerprint density at radius 1 is 1.10 bits per heavy atom. The average Bonchev–Trinajstić information content (AvgIpc) is 2.41. The second-order valence-corrected chi connectivity index (χ2v) is 7.59. The lowest BCUT2D eigenvalue weighted by atomic mass is 9.84. The van der Waals surface area contributed by atoms with Gasteiger partial charge >= 0.3 is 0 Å². The van der Waals surface area contributed by atoms with Crippen LogP contribution < -0.4 is 10.0 Å². The van der Waals surface area contributed by atoms with Crippen molar-refractivity contribution in [1.82, 2.24) is 4.90 Å². The fourth-order valence-corrected chi connectivity index (χ4v) is 3.76. The first-order chi connectivity index (χ1) is 9.49. The number of hydrogen-bond donors (Lipinski definition) is 2. The molecule has 3 fully saturated rings. The van der Waals surface area contributed by atoms with Gasteiger partial charge in [0.2, 0.25) is 10.0 Å². The Labute approximate surface area is 120 Å². The van der Waals surface area contributed by atoms with Gasteiger partial charge in [0.1, 0.15) is 0 Å². The number of hydrogen-bond acceptors (Lipinski definition) is 4. The molecule has 6 heteroatoms. The highest BCUT2D eigenvalue weighted by molar-refractivity contribution is 7.92. The highest BCUT2D eigenvalue weighted by atomic mass is 32.2. The first-order valence-corrected chi connectivity index (χ1v) is 8.95. The zero-order chi connectivity index (χ0) is 14.2. The van der Waals surface area contributed by atoms with E-state index in [-0.39, 0.29) is 0 Å². The van der Waals surface area contributed by atoms with Crippen molar-refractivity contribution in [1.29, 1.82) is 0 Å². The summed E-state index contributed by atoms with van der Waals surface area (Å²) in [5.41, 5.74) is 1.66. The molecule has 0 aromatic heterocycles. The normalized spacial score (nSPS) is 29.1. The van der Waals surface area contributed by atoms with Crippen LogP contribution in [0.1, 0.15) is 12.8 Å². The molecule has 3 aliphatic heterocycles. The van der Waals surface area contributed by atoms with Crippen LogP contribution in [0.25, 0.3) is 0 Å². The molecule has 5 nitrogen and oxygen atoms in total. The third-order valence-electron chi connectivity index (χ3n) is 4.20. The number of rotatable bonds is 4. The Balaban J connectivity index is 1.63. The summed E-state index contributed by atoms with van der Waals surface area (Å²) in [5, 5.41) is 3.58. The Morgan fingerprint density at radius 2 is 1.70 bits per heavy atom. The Morgan fingerprint density at radius 3 is 2.20 bits per heavy atom. The van der Waals surface area contributed by atoms with Gasteiger partial charge in [-0.3, -0.25) is 4.72 Å². The number of fused-ring (bicyclic) bond motifs is 3. The van der Waals surface area contributed by atoms with E-state index in [1.54, 1.807) is 12.1 Å². The summed E-state index contributed by atoms with van der Waals surface area (Å²) < 4.78 is 24.8. The number of piperidine rings is 3. The number of nitrogens with one attached hydrogen (secondary N) is 2. The van der Waals surface area contributed by atoms with Gasteiger partial charge in [-0.2, -0.15) is 0 Å². The van der Waals surface area contributed by atoms with Crippen LogP contribution in [0.5, 0.6) is 0 Å². The minimum absolute atomic E-state index is 0.520. The van der Waals surface area contributed by atoms with Crippen LogP contribution in [0.2, 0.25) is 0 Å². The molecule has 2 N–H and O–H groups in total. The smallest absolute Gasteiger partial charge is 0.229 e. The Hall–Kier alpha value is -1.27. The third-order valence-corrected chi connectivity index (χ3v) is 4.80. The monoisotopic (exact) mass is 295 g/mol. The molecule has 0 radical (unpaired) electrons. The van der Waals surface area contributed by atoms with Crippen molar-refractivity contribution in [3.05, 3.63) is 24.3 Å². The number of nitrogens with zero attached hydrogens (tertiary/aromatic N) is 1. The van der Waals surface area contributed by atoms with Gasteiger partial charge in [0.15, 0.2) is 0 Å². The number of sulfonamides is 1. The molecule has 1 atom stereocenters. The van der Waals surface area contributed by atoms with Crippen molar-refractivity contribution < 1.29 is 8.42 Å². The van der Waals surface area contributed by atoms with E-state index in [0.717, 1.165) is 24.4 Å². The summed E-state index contributed by atoms with van der Waals surface area (Å²) in [4.78, 5) is 2.51. The van der Waals surface area contributed by atoms with E-state index in [9.17, 15) is 8.42 Å². The van der Waals surface area contributed by atoms with E-state index in [1.807, 2.05) is 12.1 Å². The van der Waals surface area contributed by atoms with E-state index in [1.165, 1.54) is 25.9 Å². The van der Waals surface area contributed by atoms with E-state index in [0.29, 0.717) is 11.7 Å². The van der Waals surface area contributed by atoms with Crippen molar-refractivity contribution in [2.45, 2.75) is 18.9 Å². The van der Waals surface area contributed by atoms with Crippen LogP contribution in [-0.4, -0.2) is 45.2 Å². The van der Waals surface area contributed by atoms with Crippen LogP contribution in [0.15, 0.2) is 24.3 Å². The van der Waals surface area contributed by atoms with Crippen LogP contribution in [0, 0.1) is 5.92 Å². The lowest BCUT2D eigenvalue weighted by Crippen LogP contribution is -2.53. The molecule has 3 aliphatic rings. The van der Waals surface area contributed by atoms with Crippen molar-refractivity contribution in [2.75, 3.05) is 35.9 Å². The lowest BCUT2D eigenvalue weighted by molar-refractivity contribution is 0.0975. The molecule has 1 aromatic carbocycles. The predicted octanol–water partition coefficient (Wildman–Crippen LogP) is 1.56. The minimum atomic E-state index is -3.20. The van der Waals surface area contributed by atoms with Gasteiger partial charge in [0.25, 0.3) is 0 Å². The topological polar surface area (TPSA) is 61.4 Å². The summed E-state index contributed by atoms with van der Waals surface area (Å²) in [5.74, 6) is 0.772. The van der Waals surface area contributed by atoms with Crippen LogP contribution in [0.3, 0.4) is 0 Å². The van der Waals surface area contributed by atoms with Gasteiger partial charge in [-0.25, -0.2) is 8.42 Å². The van der Waals surface area contributed by atoms with Crippen LogP contribution in [0.4, 0.5) is 11.4 Å². The minimum Gasteiger partial charge on any atom is -0.381 e. The zero-order valence-corrected chi connectivity index (χ0v) is 12.5. The van der Waals surface area contributed by atoms with Gasteiger partial charge in [-0.15, -0.1) is 0 Å². The van der Waals surface area contributed by atoms with E-state index in [4.69, 9.17) is 0 Å². The molecule has 110 valence electrons. The van der Waals surface area contributed by atoms with Gasteiger partial charge in [0, 0.05) is 24.0 Å². The SMILES string of the molecule is CS(=O)(=O)Nc1ccc(NC2CN3CCC2CC3)cc1. The van der Waals surface area contributed by atoms with E-state index >= 15 is 0 Å². The molecule has 20 heavy (non-hydrogen) atoms. The van der Waals surface area contributed by atoms with Crippen molar-refractivity contribution in [3.8, 4) is 0 Å². The first kappa shape index (κ1) is 13.7. The molecular formula is C14H21N3O2S. The maximum absolute atomic E-state index is 11.2. The molecule has 3 saturated heterocycles. The maximum atomic E-state index is 11.2. The van der Waals surface area contributed by atoms with E-state index < -0.39 is 10.0 Å². The third kappa shape index (κ3) is 3.24. The second-order valence-electron chi connectivity index (χ2n) is 5.84. The molecule has 4 rings (SSSR count).